The Morgan fingerprint density at radius 3 is 0.757 bits per heavy atom. The Balaban J connectivity index is -0.000000218. The van der Waals surface area contributed by atoms with Crippen LogP contribution in [0.5, 0.6) is 0 Å². The zero-order chi connectivity index (χ0) is 28.8. The van der Waals surface area contributed by atoms with Gasteiger partial charge in [0.05, 0.1) is 0 Å². The Morgan fingerprint density at radius 2 is 0.622 bits per heavy atom. The molecule has 37 heavy (non-hydrogen) atoms. The third kappa shape index (κ3) is 27.1. The molecule has 0 unspecified atom stereocenters. The Labute approximate surface area is 261 Å². The second kappa shape index (κ2) is 24.8. The molecule has 0 fully saturated rings. The number of hydrogen-bond acceptors (Lipinski definition) is 6. The summed E-state index contributed by atoms with van der Waals surface area (Å²) in [6.45, 7) is 16.8. The maximum atomic E-state index is 10.6. The molecule has 1 radical (unpaired) electrons. The maximum Gasteiger partial charge on any atom is 3.00 e. The van der Waals surface area contributed by atoms with E-state index in [0.717, 1.165) is 57.8 Å². The van der Waals surface area contributed by atoms with Gasteiger partial charge in [-0.25, -0.2) is 0 Å². The predicted octanol–water partition coefficient (Wildman–Crippen LogP) is 5.20. The molecule has 0 aromatic heterocycles. The summed E-state index contributed by atoms with van der Waals surface area (Å²) in [6, 6.07) is 0. The number of carbonyl (C=O) groups excluding carboxylic acids is 3. The summed E-state index contributed by atoms with van der Waals surface area (Å²) >= 11 is 0. The van der Waals surface area contributed by atoms with Gasteiger partial charge >= 0.3 is 40.8 Å². The fraction of sp³-hybridized carbons (Fsp3) is 0.900. The van der Waals surface area contributed by atoms with Crippen LogP contribution in [0.1, 0.15) is 159 Å². The number of carboxylic acids is 3. The van der Waals surface area contributed by atoms with Crippen LogP contribution in [-0.2, 0) is 14.4 Å². The topological polar surface area (TPSA) is 120 Å². The van der Waals surface area contributed by atoms with Gasteiger partial charge in [-0.05, 0) is 19.3 Å². The van der Waals surface area contributed by atoms with E-state index in [2.05, 4.69) is 20.8 Å². The van der Waals surface area contributed by atoms with E-state index >= 15 is 0 Å². The minimum Gasteiger partial charge on any atom is -0.550 e. The van der Waals surface area contributed by atoms with Crippen molar-refractivity contribution in [1.29, 1.82) is 0 Å². The summed E-state index contributed by atoms with van der Waals surface area (Å²) in [4.78, 5) is 31.7. The third-order valence-electron chi connectivity index (χ3n) is 6.62. The molecule has 0 aliphatic heterocycles. The van der Waals surface area contributed by atoms with Crippen LogP contribution in [-0.4, -0.2) is 17.9 Å². The van der Waals surface area contributed by atoms with Crippen molar-refractivity contribution in [3.8, 4) is 0 Å². The molecule has 217 valence electrons. The molecule has 0 heterocycles. The largest absolute Gasteiger partial charge is 3.00 e. The summed E-state index contributed by atoms with van der Waals surface area (Å²) in [5.41, 5.74) is -1.94. The van der Waals surface area contributed by atoms with E-state index in [1.54, 1.807) is 41.5 Å². The third-order valence-corrected chi connectivity index (χ3v) is 6.62. The summed E-state index contributed by atoms with van der Waals surface area (Å²) < 4.78 is 0. The zero-order valence-corrected chi connectivity index (χ0v) is 28.8. The summed E-state index contributed by atoms with van der Waals surface area (Å²) in [5.74, 6) is -2.79. The predicted molar refractivity (Wildman–Crippen MR) is 143 cm³/mol. The van der Waals surface area contributed by atoms with E-state index in [1.807, 2.05) is 0 Å². The standard InChI is InChI=1S/3C10H20O2.Nd/c3*1-4-5-6-7-8-10(2,3)9(11)12;/h3*4-8H2,1-3H3,(H,11,12);/q;;;+3/p-3. The van der Waals surface area contributed by atoms with Gasteiger partial charge in [-0.3, -0.25) is 0 Å². The number of carbonyl (C=O) groups is 3. The minimum absolute atomic E-state index is 0. The van der Waals surface area contributed by atoms with Gasteiger partial charge in [0.15, 0.2) is 0 Å². The summed E-state index contributed by atoms with van der Waals surface area (Å²) in [6.07, 6.45) is 15.7. The van der Waals surface area contributed by atoms with E-state index in [9.17, 15) is 29.7 Å². The fourth-order valence-corrected chi connectivity index (χ4v) is 3.29. The van der Waals surface area contributed by atoms with Crippen molar-refractivity contribution in [2.45, 2.75) is 159 Å². The van der Waals surface area contributed by atoms with Crippen molar-refractivity contribution < 1.29 is 70.5 Å². The van der Waals surface area contributed by atoms with Gasteiger partial charge in [0.2, 0.25) is 0 Å². The SMILES string of the molecule is CCCCCCC(C)(C)C(=O)[O-].CCCCCCC(C)(C)C(=O)[O-].CCCCCCC(C)(C)C(=O)[O-].[Nd+3]. The molecule has 0 bridgehead atoms. The first-order chi connectivity index (χ1) is 16.5. The fourth-order valence-electron chi connectivity index (χ4n) is 3.29. The van der Waals surface area contributed by atoms with Crippen LogP contribution in [0.15, 0.2) is 0 Å². The van der Waals surface area contributed by atoms with Gasteiger partial charge in [0, 0.05) is 34.2 Å². The average molecular weight is 658 g/mol. The molecule has 0 spiro atoms. The van der Waals surface area contributed by atoms with Crippen molar-refractivity contribution in [3.63, 3.8) is 0 Å². The normalized spacial score (nSPS) is 11.3. The van der Waals surface area contributed by atoms with Crippen LogP contribution in [0.2, 0.25) is 0 Å². The molecular formula is C30H57NdO6. The first-order valence-corrected chi connectivity index (χ1v) is 14.2. The first kappa shape index (κ1) is 43.8. The number of rotatable bonds is 18. The van der Waals surface area contributed by atoms with Gasteiger partial charge in [-0.1, -0.05) is 139 Å². The van der Waals surface area contributed by atoms with Crippen molar-refractivity contribution in [1.82, 2.24) is 0 Å². The van der Waals surface area contributed by atoms with Crippen LogP contribution >= 0.6 is 0 Å². The Bertz CT molecular complexity index is 504. The second-order valence-electron chi connectivity index (χ2n) is 11.9. The minimum atomic E-state index is -0.931. The van der Waals surface area contributed by atoms with Crippen molar-refractivity contribution in [2.24, 2.45) is 16.2 Å². The van der Waals surface area contributed by atoms with Gasteiger partial charge < -0.3 is 29.7 Å². The van der Waals surface area contributed by atoms with Crippen LogP contribution in [0, 0.1) is 57.1 Å². The van der Waals surface area contributed by atoms with Gasteiger partial charge in [-0.15, -0.1) is 0 Å². The Kier molecular flexibility index (Phi) is 29.3. The van der Waals surface area contributed by atoms with E-state index in [-0.39, 0.29) is 40.8 Å². The molecule has 0 amide bonds. The van der Waals surface area contributed by atoms with Crippen LogP contribution in [0.3, 0.4) is 0 Å². The molecule has 0 saturated carbocycles. The number of unbranched alkanes of at least 4 members (excludes halogenated alkanes) is 9. The van der Waals surface area contributed by atoms with E-state index in [0.29, 0.717) is 0 Å². The second-order valence-corrected chi connectivity index (χ2v) is 11.9. The van der Waals surface area contributed by atoms with Crippen LogP contribution in [0.4, 0.5) is 0 Å². The van der Waals surface area contributed by atoms with Crippen LogP contribution in [0.25, 0.3) is 0 Å². The molecule has 0 rings (SSSR count). The molecule has 0 saturated heterocycles. The summed E-state index contributed by atoms with van der Waals surface area (Å²) in [5, 5.41) is 31.7. The van der Waals surface area contributed by atoms with Crippen LogP contribution < -0.4 is 15.3 Å². The molecule has 7 heteroatoms. The van der Waals surface area contributed by atoms with Crippen molar-refractivity contribution >= 4 is 17.9 Å². The number of carboxylic acid groups (broad SMARTS) is 3. The molecule has 0 aliphatic rings. The Morgan fingerprint density at radius 1 is 0.432 bits per heavy atom. The zero-order valence-electron chi connectivity index (χ0n) is 25.6. The molecule has 0 aromatic carbocycles. The molecule has 0 aliphatic carbocycles. The quantitative estimate of drug-likeness (QED) is 0.187. The first-order valence-electron chi connectivity index (χ1n) is 14.2. The van der Waals surface area contributed by atoms with Gasteiger partial charge in [0.25, 0.3) is 0 Å². The average Bonchev–Trinajstić information content (AvgIpc) is 2.78. The van der Waals surface area contributed by atoms with E-state index in [4.69, 9.17) is 0 Å². The van der Waals surface area contributed by atoms with Crippen molar-refractivity contribution in [3.05, 3.63) is 0 Å². The smallest absolute Gasteiger partial charge is 0.550 e. The molecule has 0 N–H and O–H groups in total. The van der Waals surface area contributed by atoms with E-state index < -0.39 is 34.2 Å². The molecule has 0 aromatic rings. The monoisotopic (exact) mass is 655 g/mol. The maximum absolute atomic E-state index is 10.6. The Hall–Kier alpha value is -0.239. The summed E-state index contributed by atoms with van der Waals surface area (Å²) in [7, 11) is 0. The number of hydrogen-bond donors (Lipinski definition) is 0. The van der Waals surface area contributed by atoms with Gasteiger partial charge in [0.1, 0.15) is 0 Å². The number of aliphatic carboxylic acids is 3. The molecule has 6 nitrogen and oxygen atoms in total. The molecule has 0 atom stereocenters. The van der Waals surface area contributed by atoms with Crippen molar-refractivity contribution in [2.75, 3.05) is 0 Å². The van der Waals surface area contributed by atoms with E-state index in [1.165, 1.54) is 38.5 Å². The molecular weight excluding hydrogens is 601 g/mol. The van der Waals surface area contributed by atoms with Gasteiger partial charge in [-0.2, -0.15) is 0 Å².